The Bertz CT molecular complexity index is 1870. The molecule has 40 heavy (non-hydrogen) atoms. The first kappa shape index (κ1) is 29.3. The van der Waals surface area contributed by atoms with Crippen LogP contribution in [0.4, 0.5) is 17.1 Å². The number of hydrogen-bond donors (Lipinski definition) is 2. The highest BCUT2D eigenvalue weighted by atomic mass is 32.3. The maximum Gasteiger partial charge on any atom is 0.399 e. The minimum atomic E-state index is -4.45. The summed E-state index contributed by atoms with van der Waals surface area (Å²) < 4.78 is 86.7. The summed E-state index contributed by atoms with van der Waals surface area (Å²) in [6.07, 6.45) is 0. The van der Waals surface area contributed by atoms with Crippen molar-refractivity contribution in [2.24, 2.45) is 0 Å². The third-order valence-electron chi connectivity index (χ3n) is 5.94. The van der Waals surface area contributed by atoms with E-state index in [-0.39, 0.29) is 38.5 Å². The third kappa shape index (κ3) is 5.49. The molecule has 4 rings (SSSR count). The van der Waals surface area contributed by atoms with E-state index in [1.54, 1.807) is 12.1 Å². The molecule has 0 aliphatic heterocycles. The molecule has 0 fully saturated rings. The zero-order valence-corrected chi connectivity index (χ0v) is 23.4. The molecule has 0 bridgehead atoms. The van der Waals surface area contributed by atoms with Gasteiger partial charge in [0.25, 0.3) is 10.1 Å². The van der Waals surface area contributed by atoms with E-state index in [0.717, 1.165) is 20.3 Å². The Kier molecular flexibility index (Phi) is 7.85. The minimum Gasteiger partial charge on any atom is -0.397 e. The van der Waals surface area contributed by atoms with Gasteiger partial charge in [-0.1, -0.05) is 30.3 Å². The lowest BCUT2D eigenvalue weighted by atomic mass is 9.82. The molecular weight excluding hydrogens is 588 g/mol. The predicted octanol–water partition coefficient (Wildman–Crippen LogP) is 1.80. The van der Waals surface area contributed by atoms with Gasteiger partial charge in [-0.15, -0.1) is 0 Å². The molecular formula is C24H22N2O11S3. The van der Waals surface area contributed by atoms with E-state index in [0.29, 0.717) is 0 Å². The summed E-state index contributed by atoms with van der Waals surface area (Å²) in [5, 5.41) is 2.82. The van der Waals surface area contributed by atoms with E-state index in [1.807, 2.05) is 0 Å². The number of ketones is 2. The van der Waals surface area contributed by atoms with Crippen molar-refractivity contribution in [3.05, 3.63) is 76.9 Å². The zero-order valence-electron chi connectivity index (χ0n) is 20.9. The smallest absolute Gasteiger partial charge is 0.397 e. The fourth-order valence-corrected chi connectivity index (χ4v) is 6.46. The zero-order chi connectivity index (χ0) is 29.5. The Balaban J connectivity index is 1.80. The van der Waals surface area contributed by atoms with Gasteiger partial charge in [0, 0.05) is 16.8 Å². The molecule has 3 aromatic rings. The molecule has 0 atom stereocenters. The van der Waals surface area contributed by atoms with Crippen LogP contribution in [0.25, 0.3) is 0 Å². The molecule has 212 valence electrons. The van der Waals surface area contributed by atoms with Crippen LogP contribution < -0.4 is 11.1 Å². The van der Waals surface area contributed by atoms with Crippen LogP contribution in [0.15, 0.2) is 64.4 Å². The Morgan fingerprint density at radius 2 is 1.43 bits per heavy atom. The van der Waals surface area contributed by atoms with Crippen molar-refractivity contribution in [2.75, 3.05) is 37.6 Å². The van der Waals surface area contributed by atoms with Gasteiger partial charge >= 0.3 is 10.4 Å². The molecule has 3 aromatic carbocycles. The van der Waals surface area contributed by atoms with Crippen LogP contribution in [0.1, 0.15) is 31.8 Å². The number of nitrogens with two attached hydrogens (primary N) is 1. The summed E-state index contributed by atoms with van der Waals surface area (Å²) in [5.41, 5.74) is 5.15. The fraction of sp³-hybridized carbons (Fsp3) is 0.167. The molecule has 3 N–H and O–H groups in total. The molecule has 1 aliphatic carbocycles. The standard InChI is InChI=1S/C24H22N2O11S3/c1-35-39(31,32)19-13-18(20-21(22(19)25)24(28)17-9-4-3-8-16(17)23(20)27)26-14-6-5-7-15(12-14)38(29,30)11-10-37-40(33,34)36-2/h3-9,12-13,26H,10-11,25H2,1-2H3. The van der Waals surface area contributed by atoms with Gasteiger partial charge in [-0.3, -0.25) is 18.0 Å². The van der Waals surface area contributed by atoms with Crippen molar-refractivity contribution in [1.82, 2.24) is 0 Å². The lowest BCUT2D eigenvalue weighted by Crippen LogP contribution is -2.25. The maximum absolute atomic E-state index is 13.5. The van der Waals surface area contributed by atoms with Gasteiger partial charge in [0.1, 0.15) is 4.90 Å². The highest BCUT2D eigenvalue weighted by molar-refractivity contribution is 7.91. The van der Waals surface area contributed by atoms with Gasteiger partial charge in [-0.25, -0.2) is 12.6 Å². The van der Waals surface area contributed by atoms with Crippen LogP contribution >= 0.6 is 0 Å². The summed E-state index contributed by atoms with van der Waals surface area (Å²) in [5.74, 6) is -2.00. The fourth-order valence-electron chi connectivity index (χ4n) is 4.02. The Labute approximate surface area is 230 Å². The highest BCUT2D eigenvalue weighted by Gasteiger charge is 2.37. The molecule has 0 radical (unpaired) electrons. The minimum absolute atomic E-state index is 0.0374. The molecule has 0 unspecified atom stereocenters. The summed E-state index contributed by atoms with van der Waals surface area (Å²) in [4.78, 5) is 26.1. The molecule has 0 spiro atoms. The number of carbonyl (C=O) groups is 2. The quantitative estimate of drug-likeness (QED) is 0.195. The van der Waals surface area contributed by atoms with Gasteiger partial charge in [-0.2, -0.15) is 16.8 Å². The highest BCUT2D eigenvalue weighted by Crippen LogP contribution is 2.40. The number of anilines is 3. The number of rotatable bonds is 10. The molecule has 0 saturated carbocycles. The number of sulfone groups is 1. The first-order valence-electron chi connectivity index (χ1n) is 11.2. The Morgan fingerprint density at radius 3 is 2.02 bits per heavy atom. The van der Waals surface area contributed by atoms with Gasteiger partial charge in [0.15, 0.2) is 21.4 Å². The van der Waals surface area contributed by atoms with E-state index in [9.17, 15) is 34.8 Å². The number of carbonyl (C=O) groups excluding carboxylic acids is 2. The normalized spacial score (nSPS) is 13.6. The SMILES string of the molecule is COS(=O)(=O)OCCS(=O)(=O)c1cccc(Nc2cc(S(=O)(=O)OC)c(N)c3c2C(=O)c2ccccc2C3=O)c1. The van der Waals surface area contributed by atoms with E-state index in [2.05, 4.69) is 17.9 Å². The van der Waals surface area contributed by atoms with Crippen LogP contribution in [-0.4, -0.2) is 63.4 Å². The van der Waals surface area contributed by atoms with Crippen LogP contribution in [0, 0.1) is 0 Å². The summed E-state index contributed by atoms with van der Waals surface area (Å²) >= 11 is 0. The first-order chi connectivity index (χ1) is 18.7. The summed E-state index contributed by atoms with van der Waals surface area (Å²) in [6.45, 7) is -0.712. The number of nitrogens with one attached hydrogen (secondary N) is 1. The number of fused-ring (bicyclic) bond motifs is 2. The van der Waals surface area contributed by atoms with E-state index < -0.39 is 64.9 Å². The largest absolute Gasteiger partial charge is 0.399 e. The maximum atomic E-state index is 13.5. The molecule has 0 aromatic heterocycles. The monoisotopic (exact) mass is 610 g/mol. The van der Waals surface area contributed by atoms with Crippen molar-refractivity contribution >= 4 is 59.0 Å². The number of benzene rings is 3. The topological polar surface area (TPSA) is 202 Å². The van der Waals surface area contributed by atoms with Gasteiger partial charge in [0.05, 0.1) is 54.0 Å². The lowest BCUT2D eigenvalue weighted by Gasteiger charge is -2.24. The number of hydrogen-bond acceptors (Lipinski definition) is 13. The summed E-state index contributed by atoms with van der Waals surface area (Å²) in [6, 6.07) is 12.2. The van der Waals surface area contributed by atoms with E-state index in [4.69, 9.17) is 5.73 Å². The van der Waals surface area contributed by atoms with Crippen molar-refractivity contribution < 1.29 is 47.4 Å². The van der Waals surface area contributed by atoms with Gasteiger partial charge in [-0.05, 0) is 24.3 Å². The predicted molar refractivity (Wildman–Crippen MR) is 142 cm³/mol. The van der Waals surface area contributed by atoms with E-state index >= 15 is 0 Å². The Morgan fingerprint density at radius 1 is 0.800 bits per heavy atom. The molecule has 13 nitrogen and oxygen atoms in total. The average molecular weight is 611 g/mol. The Hall–Kier alpha value is -3.67. The van der Waals surface area contributed by atoms with Crippen molar-refractivity contribution in [2.45, 2.75) is 9.79 Å². The molecule has 0 saturated heterocycles. The molecule has 0 amide bonds. The van der Waals surface area contributed by atoms with Crippen molar-refractivity contribution in [3.63, 3.8) is 0 Å². The van der Waals surface area contributed by atoms with Gasteiger partial charge in [0.2, 0.25) is 0 Å². The van der Waals surface area contributed by atoms with Crippen molar-refractivity contribution in [3.8, 4) is 0 Å². The average Bonchev–Trinajstić information content (AvgIpc) is 2.92. The van der Waals surface area contributed by atoms with Crippen LogP contribution in [-0.2, 0) is 42.9 Å². The van der Waals surface area contributed by atoms with E-state index in [1.165, 1.54) is 36.4 Å². The second-order valence-corrected chi connectivity index (χ2v) is 13.5. The van der Waals surface area contributed by atoms with Crippen molar-refractivity contribution in [1.29, 1.82) is 0 Å². The second-order valence-electron chi connectivity index (χ2n) is 8.28. The van der Waals surface area contributed by atoms with Crippen LogP contribution in [0.2, 0.25) is 0 Å². The lowest BCUT2D eigenvalue weighted by molar-refractivity contribution is 0.0980. The number of nitrogen functional groups attached to an aromatic ring is 1. The summed E-state index contributed by atoms with van der Waals surface area (Å²) in [7, 11) is -11.1. The second kappa shape index (κ2) is 10.7. The third-order valence-corrected chi connectivity index (χ3v) is 9.80. The van der Waals surface area contributed by atoms with Gasteiger partial charge < -0.3 is 11.1 Å². The molecule has 0 heterocycles. The first-order valence-corrected chi connectivity index (χ1v) is 15.6. The van der Waals surface area contributed by atoms with Crippen LogP contribution in [0.3, 0.4) is 0 Å². The molecule has 16 heteroatoms. The van der Waals surface area contributed by atoms with Crippen LogP contribution in [0.5, 0.6) is 0 Å². The molecule has 1 aliphatic rings.